The van der Waals surface area contributed by atoms with Gasteiger partial charge in [-0.3, -0.25) is 9.69 Å². The first kappa shape index (κ1) is 41.7. The van der Waals surface area contributed by atoms with Crippen LogP contribution in [-0.4, -0.2) is 135 Å². The van der Waals surface area contributed by atoms with E-state index in [4.69, 9.17) is 4.74 Å². The molecule has 5 aliphatic rings. The molecule has 2 N–H and O–H groups in total. The molecule has 0 aromatic heterocycles. The predicted molar refractivity (Wildman–Crippen MR) is 211 cm³/mol. The molecule has 0 spiro atoms. The number of anilines is 1. The number of alkyl carbamates (subject to hydrolysis) is 1. The zero-order valence-corrected chi connectivity index (χ0v) is 34.2. The number of piperidine rings is 2. The number of nitrogens with one attached hydrogen (secondary N) is 1. The number of halogens is 3. The van der Waals surface area contributed by atoms with Crippen molar-refractivity contribution in [2.24, 2.45) is 11.8 Å². The smallest absolute Gasteiger partial charge is 0.407 e. The number of alkyl halides is 1. The molecule has 4 saturated heterocycles. The summed E-state index contributed by atoms with van der Waals surface area (Å²) < 4.78 is 79.0. The number of nitrogens with zero attached hydrogens (tertiary/aromatic N) is 4. The Kier molecular flexibility index (Phi) is 12.0. The Labute approximate surface area is 334 Å². The highest BCUT2D eigenvalue weighted by atomic mass is 32.2. The van der Waals surface area contributed by atoms with Gasteiger partial charge in [0.15, 0.2) is 15.5 Å². The van der Waals surface area contributed by atoms with Gasteiger partial charge >= 0.3 is 6.09 Å². The normalized spacial score (nSPS) is 26.0. The van der Waals surface area contributed by atoms with Gasteiger partial charge in [-0.25, -0.2) is 26.4 Å². The van der Waals surface area contributed by atoms with Gasteiger partial charge in [0.05, 0.1) is 36.0 Å². The van der Waals surface area contributed by atoms with Gasteiger partial charge in [0.2, 0.25) is 0 Å². The van der Waals surface area contributed by atoms with E-state index in [1.165, 1.54) is 44.1 Å². The highest BCUT2D eigenvalue weighted by Gasteiger charge is 2.54. The number of likely N-dealkylation sites (tertiary alicyclic amines) is 3. The zero-order valence-electron chi connectivity index (χ0n) is 33.4. The second-order valence-electron chi connectivity index (χ2n) is 17.8. The number of benzene rings is 2. The molecule has 2 aromatic rings. The fourth-order valence-corrected chi connectivity index (χ4v) is 12.3. The largest absolute Gasteiger partial charge is 0.453 e. The quantitative estimate of drug-likeness (QED) is 0.308. The molecule has 11 nitrogen and oxygen atoms in total. The van der Waals surface area contributed by atoms with E-state index in [1.54, 1.807) is 17.0 Å². The number of sulfone groups is 1. The van der Waals surface area contributed by atoms with Gasteiger partial charge in [0.1, 0.15) is 17.2 Å². The minimum Gasteiger partial charge on any atom is -0.453 e. The van der Waals surface area contributed by atoms with Crippen LogP contribution in [0, 0.1) is 23.5 Å². The number of hydrogen-bond donors (Lipinski definition) is 2. The summed E-state index contributed by atoms with van der Waals surface area (Å²) in [5.74, 6) is -1.35. The van der Waals surface area contributed by atoms with E-state index in [0.29, 0.717) is 32.5 Å². The second-order valence-corrected chi connectivity index (χ2v) is 20.0. The Balaban J connectivity index is 1.01. The molecule has 5 fully saturated rings. The maximum atomic E-state index is 16.3. The van der Waals surface area contributed by atoms with E-state index < -0.39 is 49.6 Å². The van der Waals surface area contributed by atoms with Gasteiger partial charge < -0.3 is 29.9 Å². The van der Waals surface area contributed by atoms with Crippen LogP contribution in [0.5, 0.6) is 0 Å². The van der Waals surface area contributed by atoms with Gasteiger partial charge in [0.25, 0.3) is 5.91 Å². The van der Waals surface area contributed by atoms with E-state index in [2.05, 4.69) is 15.1 Å². The lowest BCUT2D eigenvalue weighted by molar-refractivity contribution is -0.148. The van der Waals surface area contributed by atoms with Crippen molar-refractivity contribution in [1.82, 2.24) is 20.0 Å². The first-order valence-electron chi connectivity index (χ1n) is 20.6. The van der Waals surface area contributed by atoms with E-state index in [9.17, 15) is 23.1 Å². The summed E-state index contributed by atoms with van der Waals surface area (Å²) in [6.45, 7) is 7.12. The third-order valence-corrected chi connectivity index (χ3v) is 15.6. The zero-order chi connectivity index (χ0) is 40.8. The summed E-state index contributed by atoms with van der Waals surface area (Å²) in [4.78, 5) is 32.5. The van der Waals surface area contributed by atoms with E-state index in [0.717, 1.165) is 69.8 Å². The number of carbonyl (C=O) groups is 2. The Bertz CT molecular complexity index is 1900. The molecule has 2 aromatic carbocycles. The SMILES string of the molecule is COC(=O)N[C@H]1CCC[C@@H]1[C@](CN1CCC1)(c1cccc(F)c1)C1CCN(CC2(F)CN(c3ccc(S(=O)(=O)[C@H]4CCCN(C(=O)C(C)(C)O)C4)cc3F)C2)CC1. The standard InChI is InChI=1S/C42H58F3N5O6S/c1-40(2,53)38(51)49-19-6-10-33(24-49)57(54,55)32-13-14-37(35(44)23-32)50-26-41(45,27-50)25-48-20-15-29(16-21-48)42(28-47-17-7-18-47,30-8-4-9-31(43)22-30)34-11-5-12-36(34)46-39(52)56-3/h4,8-9,13-14,22-23,29,33-34,36,53H,5-7,10-12,15-21,24-28H2,1-3H3,(H,46,52)/t33-,34-,36-,42-/m0/s1. The van der Waals surface area contributed by atoms with Crippen LogP contribution in [0.1, 0.15) is 70.8 Å². The van der Waals surface area contributed by atoms with Gasteiger partial charge in [-0.05, 0) is 133 Å². The predicted octanol–water partition coefficient (Wildman–Crippen LogP) is 4.91. The summed E-state index contributed by atoms with van der Waals surface area (Å²) in [6.07, 6.45) is 5.63. The summed E-state index contributed by atoms with van der Waals surface area (Å²) in [5, 5.41) is 12.3. The van der Waals surface area contributed by atoms with Crippen molar-refractivity contribution < 1.29 is 41.0 Å². The maximum absolute atomic E-state index is 16.3. The third kappa shape index (κ3) is 8.54. The van der Waals surface area contributed by atoms with Crippen LogP contribution in [0.3, 0.4) is 0 Å². The summed E-state index contributed by atoms with van der Waals surface area (Å²) >= 11 is 0. The molecule has 0 bridgehead atoms. The molecular formula is C42H58F3N5O6S. The molecule has 1 saturated carbocycles. The first-order valence-corrected chi connectivity index (χ1v) is 22.1. The van der Waals surface area contributed by atoms with Crippen molar-refractivity contribution in [1.29, 1.82) is 0 Å². The molecule has 7 rings (SSSR count). The molecule has 1 aliphatic carbocycles. The number of aliphatic hydroxyl groups is 1. The minimum absolute atomic E-state index is 0.0300. The Morgan fingerprint density at radius 2 is 1.67 bits per heavy atom. The lowest BCUT2D eigenvalue weighted by Gasteiger charge is -2.54. The van der Waals surface area contributed by atoms with Gasteiger partial charge in [-0.1, -0.05) is 18.6 Å². The fraction of sp³-hybridized carbons (Fsp3) is 0.667. The van der Waals surface area contributed by atoms with E-state index in [-0.39, 0.29) is 60.5 Å². The molecular weight excluding hydrogens is 760 g/mol. The number of rotatable bonds is 12. The molecule has 57 heavy (non-hydrogen) atoms. The average Bonchev–Trinajstić information content (AvgIpc) is 3.61. The summed E-state index contributed by atoms with van der Waals surface area (Å²) in [6, 6.07) is 10.6. The van der Waals surface area contributed by atoms with Gasteiger partial charge in [-0.15, -0.1) is 0 Å². The lowest BCUT2D eigenvalue weighted by atomic mass is 9.57. The van der Waals surface area contributed by atoms with Crippen LogP contribution >= 0.6 is 0 Å². The maximum Gasteiger partial charge on any atom is 0.407 e. The molecule has 0 unspecified atom stereocenters. The van der Waals surface area contributed by atoms with Crippen LogP contribution < -0.4 is 10.2 Å². The molecule has 314 valence electrons. The second kappa shape index (κ2) is 16.3. The Morgan fingerprint density at radius 3 is 2.30 bits per heavy atom. The van der Waals surface area contributed by atoms with Crippen molar-refractivity contribution >= 4 is 27.5 Å². The van der Waals surface area contributed by atoms with Crippen molar-refractivity contribution in [2.75, 3.05) is 77.5 Å². The molecule has 4 heterocycles. The van der Waals surface area contributed by atoms with Crippen LogP contribution in [0.15, 0.2) is 47.4 Å². The topological polar surface area (TPSA) is 123 Å². The number of hydrogen-bond acceptors (Lipinski definition) is 9. The fourth-order valence-electron chi connectivity index (χ4n) is 10.5. The van der Waals surface area contributed by atoms with Crippen molar-refractivity contribution in [3.05, 3.63) is 59.7 Å². The summed E-state index contributed by atoms with van der Waals surface area (Å²) in [5.41, 5.74) is -2.55. The average molecular weight is 818 g/mol. The van der Waals surface area contributed by atoms with Crippen molar-refractivity contribution in [3.63, 3.8) is 0 Å². The van der Waals surface area contributed by atoms with Crippen molar-refractivity contribution in [2.45, 2.75) is 98.1 Å². The van der Waals surface area contributed by atoms with Gasteiger partial charge in [0, 0.05) is 37.6 Å². The number of amides is 2. The monoisotopic (exact) mass is 817 g/mol. The molecule has 4 atom stereocenters. The number of methoxy groups -OCH3 is 1. The lowest BCUT2D eigenvalue weighted by Crippen LogP contribution is -2.65. The third-order valence-electron chi connectivity index (χ3n) is 13.4. The van der Waals surface area contributed by atoms with Crippen molar-refractivity contribution in [3.8, 4) is 0 Å². The van der Waals surface area contributed by atoms with E-state index >= 15 is 13.2 Å². The first-order chi connectivity index (χ1) is 27.0. The molecule has 15 heteroatoms. The highest BCUT2D eigenvalue weighted by Crippen LogP contribution is 2.52. The van der Waals surface area contributed by atoms with E-state index in [1.807, 2.05) is 6.07 Å². The van der Waals surface area contributed by atoms with Gasteiger partial charge in [-0.2, -0.15) is 0 Å². The molecule has 2 amide bonds. The molecule has 0 radical (unpaired) electrons. The Hall–Kier alpha value is -3.40. The van der Waals surface area contributed by atoms with Crippen LogP contribution in [0.25, 0.3) is 0 Å². The van der Waals surface area contributed by atoms with Crippen LogP contribution in [0.2, 0.25) is 0 Å². The Morgan fingerprint density at radius 1 is 0.930 bits per heavy atom. The highest BCUT2D eigenvalue weighted by molar-refractivity contribution is 7.92. The minimum atomic E-state index is -3.99. The number of ether oxygens (including phenoxy) is 1. The molecule has 4 aliphatic heterocycles. The van der Waals surface area contributed by atoms with Crippen LogP contribution in [-0.2, 0) is 24.8 Å². The van der Waals surface area contributed by atoms with Crippen LogP contribution in [0.4, 0.5) is 23.7 Å². The summed E-state index contributed by atoms with van der Waals surface area (Å²) in [7, 11) is -2.62. The number of carbonyl (C=O) groups excluding carboxylic acids is 2.